The first kappa shape index (κ1) is 30.9. The Kier molecular flexibility index (Phi) is 10.0. The van der Waals surface area contributed by atoms with E-state index in [2.05, 4.69) is 31.8 Å². The number of amides is 2. The van der Waals surface area contributed by atoms with Crippen LogP contribution in [0.5, 0.6) is 5.75 Å². The van der Waals surface area contributed by atoms with Crippen LogP contribution >= 0.6 is 15.9 Å². The third kappa shape index (κ3) is 8.50. The standard InChI is InChI=1S/C30H20BrN5O8/c31-23-10-13-27(44-28(37)14-7-19-3-1-6-26(15-19)36(42)43)22(16-23)18-32-34-30(39)21-4-2-5-24(17-21)33-29(38)20-8-11-25(12-9-20)35(40)41/h1-18H,(H,33,38)(H,34,39)/b14-7+,32-18?. The average Bonchev–Trinajstić information content (AvgIpc) is 3.01. The minimum Gasteiger partial charge on any atom is -0.423 e. The van der Waals surface area contributed by atoms with Gasteiger partial charge in [0, 0.05) is 57.2 Å². The number of hydrazone groups is 1. The van der Waals surface area contributed by atoms with Crippen molar-refractivity contribution in [1.82, 2.24) is 5.43 Å². The highest BCUT2D eigenvalue weighted by molar-refractivity contribution is 9.10. The highest BCUT2D eigenvalue weighted by Crippen LogP contribution is 2.23. The fourth-order valence-corrected chi connectivity index (χ4v) is 4.04. The summed E-state index contributed by atoms with van der Waals surface area (Å²) in [4.78, 5) is 58.3. The van der Waals surface area contributed by atoms with Crippen LogP contribution in [0.3, 0.4) is 0 Å². The minimum absolute atomic E-state index is 0.118. The van der Waals surface area contributed by atoms with Crippen LogP contribution in [0.15, 0.2) is 107 Å². The molecule has 0 saturated carbocycles. The summed E-state index contributed by atoms with van der Waals surface area (Å²) in [7, 11) is 0. The summed E-state index contributed by atoms with van der Waals surface area (Å²) in [5.41, 5.74) is 3.56. The maximum atomic E-state index is 12.7. The lowest BCUT2D eigenvalue weighted by atomic mass is 10.1. The molecule has 4 rings (SSSR count). The minimum atomic E-state index is -0.745. The SMILES string of the molecule is O=C(/C=C/c1cccc([N+](=O)[O-])c1)Oc1ccc(Br)cc1C=NNC(=O)c1cccc(NC(=O)c2ccc([N+](=O)[O-])cc2)c1. The summed E-state index contributed by atoms with van der Waals surface area (Å²) in [6, 6.07) is 21.6. The number of carbonyl (C=O) groups is 3. The molecule has 0 aliphatic heterocycles. The van der Waals surface area contributed by atoms with E-state index in [1.165, 1.54) is 73.0 Å². The molecule has 0 aliphatic carbocycles. The van der Waals surface area contributed by atoms with E-state index in [-0.39, 0.29) is 28.3 Å². The molecule has 44 heavy (non-hydrogen) atoms. The van der Waals surface area contributed by atoms with E-state index in [0.29, 0.717) is 21.3 Å². The van der Waals surface area contributed by atoms with Crippen LogP contribution in [-0.2, 0) is 4.79 Å². The monoisotopic (exact) mass is 657 g/mol. The van der Waals surface area contributed by atoms with Crippen molar-refractivity contribution in [2.45, 2.75) is 0 Å². The number of non-ortho nitro benzene ring substituents is 2. The number of benzene rings is 4. The van der Waals surface area contributed by atoms with Gasteiger partial charge >= 0.3 is 5.97 Å². The third-order valence-corrected chi connectivity index (χ3v) is 6.26. The van der Waals surface area contributed by atoms with Gasteiger partial charge in [-0.3, -0.25) is 29.8 Å². The van der Waals surface area contributed by atoms with Crippen molar-refractivity contribution in [2.75, 3.05) is 5.32 Å². The molecule has 0 saturated heterocycles. The van der Waals surface area contributed by atoms with Gasteiger partial charge in [-0.15, -0.1) is 0 Å². The third-order valence-electron chi connectivity index (χ3n) is 5.77. The lowest BCUT2D eigenvalue weighted by Gasteiger charge is -2.08. The molecule has 0 bridgehead atoms. The van der Waals surface area contributed by atoms with Crippen molar-refractivity contribution in [3.05, 3.63) is 144 Å². The number of anilines is 1. The number of hydrogen-bond acceptors (Lipinski definition) is 9. The van der Waals surface area contributed by atoms with Gasteiger partial charge in [0.15, 0.2) is 0 Å². The lowest BCUT2D eigenvalue weighted by Crippen LogP contribution is -2.18. The Balaban J connectivity index is 1.39. The molecule has 0 fully saturated rings. The number of carbonyl (C=O) groups excluding carboxylic acids is 3. The molecule has 0 heterocycles. The number of halogens is 1. The van der Waals surface area contributed by atoms with Crippen molar-refractivity contribution < 1.29 is 29.0 Å². The van der Waals surface area contributed by atoms with Crippen molar-refractivity contribution in [1.29, 1.82) is 0 Å². The predicted octanol–water partition coefficient (Wildman–Crippen LogP) is 5.90. The molecule has 14 heteroatoms. The van der Waals surface area contributed by atoms with E-state index in [9.17, 15) is 34.6 Å². The molecule has 0 radical (unpaired) electrons. The topological polar surface area (TPSA) is 183 Å². The number of hydrogen-bond donors (Lipinski definition) is 2. The number of esters is 1. The first-order valence-corrected chi connectivity index (χ1v) is 13.3. The molecule has 2 amide bonds. The average molecular weight is 658 g/mol. The van der Waals surface area contributed by atoms with E-state index in [0.717, 1.165) is 6.08 Å². The van der Waals surface area contributed by atoms with Gasteiger partial charge < -0.3 is 10.1 Å². The van der Waals surface area contributed by atoms with Crippen LogP contribution in [0.2, 0.25) is 0 Å². The lowest BCUT2D eigenvalue weighted by molar-refractivity contribution is -0.385. The zero-order chi connectivity index (χ0) is 31.6. The second-order valence-electron chi connectivity index (χ2n) is 8.83. The molecule has 0 aliphatic rings. The summed E-state index contributed by atoms with van der Waals surface area (Å²) in [6.45, 7) is 0. The highest BCUT2D eigenvalue weighted by atomic mass is 79.9. The second-order valence-corrected chi connectivity index (χ2v) is 9.74. The molecule has 0 unspecified atom stereocenters. The highest BCUT2D eigenvalue weighted by Gasteiger charge is 2.12. The van der Waals surface area contributed by atoms with Crippen LogP contribution in [0.25, 0.3) is 6.08 Å². The summed E-state index contributed by atoms with van der Waals surface area (Å²) in [5, 5.41) is 28.3. The van der Waals surface area contributed by atoms with Crippen LogP contribution in [-0.4, -0.2) is 33.8 Å². The Hall–Kier alpha value is -6.02. The van der Waals surface area contributed by atoms with Gasteiger partial charge in [0.05, 0.1) is 16.1 Å². The van der Waals surface area contributed by atoms with Gasteiger partial charge in [-0.25, -0.2) is 10.2 Å². The van der Waals surface area contributed by atoms with Crippen molar-refractivity contribution in [3.63, 3.8) is 0 Å². The number of rotatable bonds is 10. The summed E-state index contributed by atoms with van der Waals surface area (Å²) >= 11 is 3.33. The number of nitrogens with one attached hydrogen (secondary N) is 2. The molecule has 220 valence electrons. The maximum absolute atomic E-state index is 12.7. The van der Waals surface area contributed by atoms with Gasteiger partial charge in [-0.2, -0.15) is 5.10 Å². The van der Waals surface area contributed by atoms with E-state index in [1.807, 2.05) is 0 Å². The van der Waals surface area contributed by atoms with E-state index in [4.69, 9.17) is 4.74 Å². The Bertz CT molecular complexity index is 1820. The second kappa shape index (κ2) is 14.2. The number of ether oxygens (including phenoxy) is 1. The smallest absolute Gasteiger partial charge is 0.336 e. The van der Waals surface area contributed by atoms with Crippen LogP contribution in [0.4, 0.5) is 17.1 Å². The fourth-order valence-electron chi connectivity index (χ4n) is 3.66. The molecule has 13 nitrogen and oxygen atoms in total. The van der Waals surface area contributed by atoms with Crippen molar-refractivity contribution in [3.8, 4) is 5.75 Å². The summed E-state index contributed by atoms with van der Waals surface area (Å²) < 4.78 is 6.04. The molecule has 4 aromatic rings. The van der Waals surface area contributed by atoms with Gasteiger partial charge in [0.2, 0.25) is 0 Å². The Morgan fingerprint density at radius 1 is 0.795 bits per heavy atom. The van der Waals surface area contributed by atoms with Crippen molar-refractivity contribution in [2.24, 2.45) is 5.10 Å². The van der Waals surface area contributed by atoms with E-state index in [1.54, 1.807) is 30.3 Å². The molecule has 2 N–H and O–H groups in total. The molecule has 0 atom stereocenters. The molecular formula is C30H20BrN5O8. The summed E-state index contributed by atoms with van der Waals surface area (Å²) in [6.07, 6.45) is 3.78. The van der Waals surface area contributed by atoms with E-state index < -0.39 is 27.6 Å². The number of nitrogens with zero attached hydrogens (tertiary/aromatic N) is 3. The predicted molar refractivity (Wildman–Crippen MR) is 164 cm³/mol. The Morgan fingerprint density at radius 2 is 1.52 bits per heavy atom. The Labute approximate surface area is 257 Å². The quantitative estimate of drug-likeness (QED) is 0.0527. The molecular weight excluding hydrogens is 638 g/mol. The van der Waals surface area contributed by atoms with Gasteiger partial charge in [0.25, 0.3) is 23.2 Å². The number of nitro groups is 2. The fraction of sp³-hybridized carbons (Fsp3) is 0. The number of nitro benzene ring substituents is 2. The first-order chi connectivity index (χ1) is 21.1. The van der Waals surface area contributed by atoms with Crippen LogP contribution < -0.4 is 15.5 Å². The summed E-state index contributed by atoms with van der Waals surface area (Å²) in [5.74, 6) is -1.73. The largest absolute Gasteiger partial charge is 0.423 e. The maximum Gasteiger partial charge on any atom is 0.336 e. The van der Waals surface area contributed by atoms with Gasteiger partial charge in [0.1, 0.15) is 5.75 Å². The van der Waals surface area contributed by atoms with E-state index >= 15 is 0 Å². The zero-order valence-electron chi connectivity index (χ0n) is 22.4. The van der Waals surface area contributed by atoms with Gasteiger partial charge in [-0.05, 0) is 60.2 Å². The Morgan fingerprint density at radius 3 is 2.25 bits per heavy atom. The van der Waals surface area contributed by atoms with Crippen molar-refractivity contribution >= 4 is 63.1 Å². The van der Waals surface area contributed by atoms with Gasteiger partial charge in [-0.1, -0.05) is 34.1 Å². The molecule has 0 spiro atoms. The first-order valence-electron chi connectivity index (χ1n) is 12.5. The normalized spacial score (nSPS) is 10.8. The molecule has 0 aromatic heterocycles. The molecule has 4 aromatic carbocycles. The van der Waals surface area contributed by atoms with Crippen LogP contribution in [0.1, 0.15) is 31.8 Å². The van der Waals surface area contributed by atoms with Crippen LogP contribution in [0, 0.1) is 20.2 Å². The zero-order valence-corrected chi connectivity index (χ0v) is 24.0.